The molecule has 0 fully saturated rings. The largest absolute Gasteiger partial charge is 0.501 e. The van der Waals surface area contributed by atoms with Crippen LogP contribution in [0.5, 0.6) is 0 Å². The predicted octanol–water partition coefficient (Wildman–Crippen LogP) is 12.5. The summed E-state index contributed by atoms with van der Waals surface area (Å²) in [5, 5.41) is 3.20. The number of furan rings is 1. The van der Waals surface area contributed by atoms with Gasteiger partial charge in [-0.05, 0) is 53.3 Å². The number of nitrogens with zero attached hydrogens (tertiary/aromatic N) is 4. The molecule has 9 aromatic rings. The van der Waals surface area contributed by atoms with Crippen molar-refractivity contribution in [2.75, 3.05) is 0 Å². The van der Waals surface area contributed by atoms with E-state index in [4.69, 9.17) is 18.5 Å². The van der Waals surface area contributed by atoms with Gasteiger partial charge in [-0.25, -0.2) is 0 Å². The van der Waals surface area contributed by atoms with E-state index in [-0.39, 0.29) is 31.2 Å². The first-order chi connectivity index (χ1) is 26.9. The minimum absolute atomic E-state index is 0. The van der Waals surface area contributed by atoms with Gasteiger partial charge in [-0.15, -0.1) is 42.0 Å². The average molecular weight is 890 g/mol. The summed E-state index contributed by atoms with van der Waals surface area (Å²) in [5.74, 6) is 0.847. The molecule has 54 heavy (non-hydrogen) atoms. The second kappa shape index (κ2) is 15.1. The van der Waals surface area contributed by atoms with Crippen LogP contribution in [0.15, 0.2) is 120 Å². The van der Waals surface area contributed by atoms with E-state index in [1.807, 2.05) is 49.5 Å². The van der Waals surface area contributed by atoms with Gasteiger partial charge in [0, 0.05) is 52.7 Å². The number of hydrogen-bond donors (Lipinski definition) is 0. The molecular formula is C47H39FIrN4O-2. The van der Waals surface area contributed by atoms with Gasteiger partial charge >= 0.3 is 0 Å². The van der Waals surface area contributed by atoms with Crippen LogP contribution >= 0.6 is 0 Å². The molecule has 0 aliphatic heterocycles. The molecule has 0 aliphatic rings. The minimum atomic E-state index is -2.32. The first-order valence-corrected chi connectivity index (χ1v) is 17.8. The van der Waals surface area contributed by atoms with Crippen LogP contribution in [0.4, 0.5) is 4.39 Å². The van der Waals surface area contributed by atoms with Crippen molar-refractivity contribution in [3.63, 3.8) is 0 Å². The van der Waals surface area contributed by atoms with E-state index in [0.29, 0.717) is 17.5 Å². The molecule has 0 saturated heterocycles. The second-order valence-electron chi connectivity index (χ2n) is 13.9. The zero-order valence-electron chi connectivity index (χ0n) is 33.5. The summed E-state index contributed by atoms with van der Waals surface area (Å²) < 4.78 is 44.2. The van der Waals surface area contributed by atoms with E-state index in [2.05, 4.69) is 97.9 Å². The van der Waals surface area contributed by atoms with Crippen molar-refractivity contribution < 1.29 is 33.0 Å². The first kappa shape index (κ1) is 33.1. The summed E-state index contributed by atoms with van der Waals surface area (Å²) in [6.45, 7) is 8.57. The summed E-state index contributed by atoms with van der Waals surface area (Å²) in [4.78, 5) is 14.3. The Labute approximate surface area is 332 Å². The Morgan fingerprint density at radius 2 is 1.50 bits per heavy atom. The molecule has 4 heterocycles. The molecule has 1 radical (unpaired) electrons. The number of aromatic nitrogens is 4. The van der Waals surface area contributed by atoms with E-state index in [9.17, 15) is 4.39 Å². The SMILES string of the molecule is CC(C)c1cccc(C(C)C)c1-n1c(-c2[c-]ccc3c2oc2ccccc23)nc2c3ccccc3ncc21.[2H]C([2H])([2H])c1c[c-]c(-c2ccc(C)cn2)c(F)c1.[Ir]. The van der Waals surface area contributed by atoms with Crippen molar-refractivity contribution in [3.05, 3.63) is 156 Å². The summed E-state index contributed by atoms with van der Waals surface area (Å²) >= 11 is 0. The molecule has 0 unspecified atom stereocenters. The number of pyridine rings is 2. The van der Waals surface area contributed by atoms with E-state index >= 15 is 0 Å². The number of para-hydroxylation sites is 3. The Morgan fingerprint density at radius 3 is 2.20 bits per heavy atom. The van der Waals surface area contributed by atoms with Crippen molar-refractivity contribution in [3.8, 4) is 28.3 Å². The molecule has 0 amide bonds. The minimum Gasteiger partial charge on any atom is -0.501 e. The molecule has 4 aromatic heterocycles. The van der Waals surface area contributed by atoms with Crippen LogP contribution in [0, 0.1) is 31.7 Å². The van der Waals surface area contributed by atoms with Crippen LogP contribution in [-0.2, 0) is 20.1 Å². The number of rotatable bonds is 5. The molecule has 271 valence electrons. The molecule has 0 aliphatic carbocycles. The third kappa shape index (κ3) is 6.63. The normalized spacial score (nSPS) is 12.5. The Morgan fingerprint density at radius 1 is 0.759 bits per heavy atom. The summed E-state index contributed by atoms with van der Waals surface area (Å²) in [7, 11) is 0. The number of aryl methyl sites for hydroxylation is 2. The number of hydrogen-bond acceptors (Lipinski definition) is 4. The predicted molar refractivity (Wildman–Crippen MR) is 214 cm³/mol. The summed E-state index contributed by atoms with van der Waals surface area (Å²) in [6, 6.07) is 39.1. The van der Waals surface area contributed by atoms with Gasteiger partial charge in [-0.1, -0.05) is 118 Å². The molecule has 0 spiro atoms. The van der Waals surface area contributed by atoms with Gasteiger partial charge in [-0.3, -0.25) is 14.4 Å². The fraction of sp³-hybridized carbons (Fsp3) is 0.170. The van der Waals surface area contributed by atoms with Crippen LogP contribution in [0.3, 0.4) is 0 Å². The van der Waals surface area contributed by atoms with Crippen molar-refractivity contribution in [1.29, 1.82) is 0 Å². The zero-order valence-corrected chi connectivity index (χ0v) is 32.9. The fourth-order valence-corrected chi connectivity index (χ4v) is 6.97. The second-order valence-corrected chi connectivity index (χ2v) is 13.9. The third-order valence-electron chi connectivity index (χ3n) is 9.59. The monoisotopic (exact) mass is 890 g/mol. The van der Waals surface area contributed by atoms with E-state index in [1.165, 1.54) is 22.9 Å². The van der Waals surface area contributed by atoms with Gasteiger partial charge in [0.05, 0.1) is 34.2 Å². The molecule has 5 nitrogen and oxygen atoms in total. The summed E-state index contributed by atoms with van der Waals surface area (Å²) in [6.07, 6.45) is 3.59. The summed E-state index contributed by atoms with van der Waals surface area (Å²) in [5.41, 5.74) is 10.6. The van der Waals surface area contributed by atoms with Crippen LogP contribution in [0.2, 0.25) is 0 Å². The molecule has 0 bridgehead atoms. The van der Waals surface area contributed by atoms with E-state index in [1.54, 1.807) is 12.3 Å². The topological polar surface area (TPSA) is 56.7 Å². The van der Waals surface area contributed by atoms with Crippen molar-refractivity contribution in [1.82, 2.24) is 19.5 Å². The Bertz CT molecular complexity index is 2870. The van der Waals surface area contributed by atoms with Gasteiger partial charge < -0.3 is 14.0 Å². The molecule has 0 N–H and O–H groups in total. The standard InChI is InChI=1S/C34H28N3O.C13H11FN.Ir/c1-20(2)22-13-9-14-23(21(3)4)32(22)37-29-19-35-28-17-7-5-12-26(28)31(29)36-34(37)27-16-10-15-25-24-11-6-8-18-30(24)38-33(25)27;1-9-3-5-11(12(14)7-9)13-6-4-10(2)8-15-13;/h5-15,17-21H,1-4H3;3-4,6-8H,1-2H3;/q2*-1;/i;1D3;. The fourth-order valence-electron chi connectivity index (χ4n) is 6.97. The van der Waals surface area contributed by atoms with Crippen molar-refractivity contribution in [2.45, 2.75) is 53.3 Å². The van der Waals surface area contributed by atoms with Crippen molar-refractivity contribution >= 4 is 43.9 Å². The van der Waals surface area contributed by atoms with E-state index < -0.39 is 12.7 Å². The van der Waals surface area contributed by atoms with Gasteiger partial charge in [0.25, 0.3) is 0 Å². The van der Waals surface area contributed by atoms with E-state index in [0.717, 1.165) is 66.9 Å². The Balaban J connectivity index is 0.000000221. The van der Waals surface area contributed by atoms with Crippen LogP contribution in [0.1, 0.15) is 65.9 Å². The quantitative estimate of drug-likeness (QED) is 0.162. The third-order valence-corrected chi connectivity index (χ3v) is 9.59. The molecular weight excluding hydrogens is 848 g/mol. The maximum Gasteiger partial charge on any atom is 0.120 e. The average Bonchev–Trinajstić information content (AvgIpc) is 3.77. The van der Waals surface area contributed by atoms with Crippen LogP contribution < -0.4 is 0 Å². The smallest absolute Gasteiger partial charge is 0.120 e. The molecule has 5 aromatic carbocycles. The van der Waals surface area contributed by atoms with Gasteiger partial charge in [0.15, 0.2) is 0 Å². The first-order valence-electron chi connectivity index (χ1n) is 19.3. The van der Waals surface area contributed by atoms with Gasteiger partial charge in [-0.2, -0.15) is 0 Å². The number of fused-ring (bicyclic) bond motifs is 6. The van der Waals surface area contributed by atoms with Gasteiger partial charge in [0.1, 0.15) is 5.58 Å². The molecule has 0 saturated carbocycles. The maximum atomic E-state index is 13.8. The van der Waals surface area contributed by atoms with Crippen LogP contribution in [0.25, 0.3) is 72.2 Å². The van der Waals surface area contributed by atoms with Gasteiger partial charge in [0.2, 0.25) is 0 Å². The number of imidazole rings is 1. The Kier molecular flexibility index (Phi) is 9.25. The maximum absolute atomic E-state index is 13.8. The Hall–Kier alpha value is -5.49. The molecule has 0 atom stereocenters. The molecule has 9 rings (SSSR count). The number of halogens is 1. The molecule has 7 heteroatoms. The van der Waals surface area contributed by atoms with Crippen LogP contribution in [-0.4, -0.2) is 19.5 Å². The van der Waals surface area contributed by atoms with Crippen molar-refractivity contribution in [2.24, 2.45) is 0 Å². The zero-order chi connectivity index (χ0) is 39.3. The number of benzene rings is 5.